The summed E-state index contributed by atoms with van der Waals surface area (Å²) in [6, 6.07) is 0. The summed E-state index contributed by atoms with van der Waals surface area (Å²) < 4.78 is 5.25. The van der Waals surface area contributed by atoms with Gasteiger partial charge < -0.3 is 14.7 Å². The SMILES string of the molecule is CC1(OCC(=O)O)CN(C(=O)C2CCC2)C1. The molecule has 1 amide bonds. The van der Waals surface area contributed by atoms with E-state index in [-0.39, 0.29) is 18.4 Å². The molecular weight excluding hydrogens is 210 g/mol. The lowest BCUT2D eigenvalue weighted by atomic mass is 9.82. The first-order chi connectivity index (χ1) is 7.50. The molecule has 0 unspecified atom stereocenters. The second-order valence-corrected chi connectivity index (χ2v) is 4.95. The fourth-order valence-electron chi connectivity index (χ4n) is 2.16. The van der Waals surface area contributed by atoms with Crippen LogP contribution in [0.1, 0.15) is 26.2 Å². The smallest absolute Gasteiger partial charge is 0.329 e. The number of hydrogen-bond donors (Lipinski definition) is 1. The number of carboxylic acids is 1. The van der Waals surface area contributed by atoms with Crippen molar-refractivity contribution in [3.05, 3.63) is 0 Å². The molecule has 5 heteroatoms. The van der Waals surface area contributed by atoms with Crippen LogP contribution in [0.25, 0.3) is 0 Å². The quantitative estimate of drug-likeness (QED) is 0.759. The number of carbonyl (C=O) groups excluding carboxylic acids is 1. The Kier molecular flexibility index (Phi) is 2.88. The van der Waals surface area contributed by atoms with Gasteiger partial charge in [0.2, 0.25) is 5.91 Å². The lowest BCUT2D eigenvalue weighted by molar-refractivity contribution is -0.177. The van der Waals surface area contributed by atoms with Crippen LogP contribution in [0.15, 0.2) is 0 Å². The molecule has 1 saturated carbocycles. The van der Waals surface area contributed by atoms with Crippen molar-refractivity contribution in [2.24, 2.45) is 5.92 Å². The molecule has 0 spiro atoms. The van der Waals surface area contributed by atoms with Gasteiger partial charge >= 0.3 is 5.97 Å². The maximum atomic E-state index is 11.8. The summed E-state index contributed by atoms with van der Waals surface area (Å²) in [5.41, 5.74) is -0.461. The molecule has 0 aromatic carbocycles. The Balaban J connectivity index is 1.75. The summed E-state index contributed by atoms with van der Waals surface area (Å²) in [5.74, 6) is -0.545. The van der Waals surface area contributed by atoms with Crippen LogP contribution in [-0.2, 0) is 14.3 Å². The van der Waals surface area contributed by atoms with E-state index in [0.717, 1.165) is 19.3 Å². The van der Waals surface area contributed by atoms with Crippen molar-refractivity contribution in [1.82, 2.24) is 4.90 Å². The Morgan fingerprint density at radius 2 is 2.06 bits per heavy atom. The molecule has 1 aliphatic heterocycles. The zero-order valence-corrected chi connectivity index (χ0v) is 9.44. The van der Waals surface area contributed by atoms with E-state index in [4.69, 9.17) is 9.84 Å². The highest BCUT2D eigenvalue weighted by atomic mass is 16.5. The van der Waals surface area contributed by atoms with E-state index < -0.39 is 11.6 Å². The lowest BCUT2D eigenvalue weighted by Gasteiger charge is -2.49. The first kappa shape index (κ1) is 11.4. The van der Waals surface area contributed by atoms with Crippen molar-refractivity contribution in [1.29, 1.82) is 0 Å². The van der Waals surface area contributed by atoms with Crippen molar-refractivity contribution in [2.75, 3.05) is 19.7 Å². The molecule has 0 aromatic rings. The molecule has 2 rings (SSSR count). The summed E-state index contributed by atoms with van der Waals surface area (Å²) in [6.07, 6.45) is 3.15. The Hall–Kier alpha value is -1.10. The Morgan fingerprint density at radius 3 is 2.50 bits per heavy atom. The number of nitrogens with zero attached hydrogens (tertiary/aromatic N) is 1. The molecule has 0 bridgehead atoms. The van der Waals surface area contributed by atoms with E-state index >= 15 is 0 Å². The molecule has 0 radical (unpaired) electrons. The fourth-order valence-corrected chi connectivity index (χ4v) is 2.16. The third kappa shape index (κ3) is 2.19. The van der Waals surface area contributed by atoms with Gasteiger partial charge in [0.25, 0.3) is 0 Å². The van der Waals surface area contributed by atoms with Gasteiger partial charge in [-0.2, -0.15) is 0 Å². The minimum atomic E-state index is -0.968. The van der Waals surface area contributed by atoms with E-state index in [0.29, 0.717) is 13.1 Å². The number of carboxylic acid groups (broad SMARTS) is 1. The van der Waals surface area contributed by atoms with Gasteiger partial charge in [-0.1, -0.05) is 6.42 Å². The largest absolute Gasteiger partial charge is 0.480 e. The first-order valence-corrected chi connectivity index (χ1v) is 5.65. The summed E-state index contributed by atoms with van der Waals surface area (Å²) in [5, 5.41) is 8.50. The van der Waals surface area contributed by atoms with Crippen LogP contribution in [0.3, 0.4) is 0 Å². The van der Waals surface area contributed by atoms with Gasteiger partial charge in [0, 0.05) is 5.92 Å². The number of likely N-dealkylation sites (tertiary alicyclic amines) is 1. The van der Waals surface area contributed by atoms with Crippen LogP contribution in [0.4, 0.5) is 0 Å². The molecule has 5 nitrogen and oxygen atoms in total. The predicted molar refractivity (Wildman–Crippen MR) is 55.9 cm³/mol. The Labute approximate surface area is 94.4 Å². The maximum absolute atomic E-state index is 11.8. The molecule has 16 heavy (non-hydrogen) atoms. The van der Waals surface area contributed by atoms with E-state index in [1.807, 2.05) is 6.92 Å². The van der Waals surface area contributed by atoms with Crippen LogP contribution in [0, 0.1) is 5.92 Å². The van der Waals surface area contributed by atoms with Crippen LogP contribution in [-0.4, -0.2) is 47.2 Å². The molecule has 1 N–H and O–H groups in total. The number of carbonyl (C=O) groups is 2. The number of rotatable bonds is 4. The molecule has 0 atom stereocenters. The zero-order chi connectivity index (χ0) is 11.8. The molecule has 90 valence electrons. The Morgan fingerprint density at radius 1 is 1.44 bits per heavy atom. The van der Waals surface area contributed by atoms with E-state index in [2.05, 4.69) is 0 Å². The minimum Gasteiger partial charge on any atom is -0.480 e. The van der Waals surface area contributed by atoms with E-state index in [1.54, 1.807) is 4.90 Å². The zero-order valence-electron chi connectivity index (χ0n) is 9.44. The molecule has 0 aromatic heterocycles. The summed E-state index contributed by atoms with van der Waals surface area (Å²) in [4.78, 5) is 23.9. The monoisotopic (exact) mass is 227 g/mol. The molecule has 1 aliphatic carbocycles. The lowest BCUT2D eigenvalue weighted by Crippen LogP contribution is -2.64. The maximum Gasteiger partial charge on any atom is 0.329 e. The topological polar surface area (TPSA) is 66.8 Å². The molecule has 2 aliphatic rings. The van der Waals surface area contributed by atoms with Crippen LogP contribution in [0.2, 0.25) is 0 Å². The first-order valence-electron chi connectivity index (χ1n) is 5.65. The third-order valence-corrected chi connectivity index (χ3v) is 3.36. The Bertz CT molecular complexity index is 305. The highest BCUT2D eigenvalue weighted by Crippen LogP contribution is 2.33. The number of ether oxygens (including phenoxy) is 1. The average molecular weight is 227 g/mol. The summed E-state index contributed by atoms with van der Waals surface area (Å²) in [7, 11) is 0. The average Bonchev–Trinajstić information content (AvgIpc) is 2.07. The molecule has 2 fully saturated rings. The second-order valence-electron chi connectivity index (χ2n) is 4.95. The van der Waals surface area contributed by atoms with Gasteiger partial charge in [-0.25, -0.2) is 4.79 Å². The second kappa shape index (κ2) is 4.05. The van der Waals surface area contributed by atoms with Crippen molar-refractivity contribution < 1.29 is 19.4 Å². The normalized spacial score (nSPS) is 23.4. The van der Waals surface area contributed by atoms with E-state index in [1.165, 1.54) is 0 Å². The summed E-state index contributed by atoms with van der Waals surface area (Å²) >= 11 is 0. The van der Waals surface area contributed by atoms with Crippen LogP contribution < -0.4 is 0 Å². The molecule has 1 heterocycles. The molecule has 1 saturated heterocycles. The predicted octanol–water partition coefficient (Wildman–Crippen LogP) is 0.489. The van der Waals surface area contributed by atoms with Crippen molar-refractivity contribution >= 4 is 11.9 Å². The fraction of sp³-hybridized carbons (Fsp3) is 0.818. The van der Waals surface area contributed by atoms with Crippen molar-refractivity contribution in [3.8, 4) is 0 Å². The van der Waals surface area contributed by atoms with Gasteiger partial charge in [0.05, 0.1) is 13.1 Å². The third-order valence-electron chi connectivity index (χ3n) is 3.36. The van der Waals surface area contributed by atoms with Crippen molar-refractivity contribution in [2.45, 2.75) is 31.8 Å². The highest BCUT2D eigenvalue weighted by molar-refractivity contribution is 5.80. The highest BCUT2D eigenvalue weighted by Gasteiger charge is 2.45. The van der Waals surface area contributed by atoms with Gasteiger partial charge in [0.1, 0.15) is 12.2 Å². The standard InChI is InChI=1S/C11H17NO4/c1-11(16-5-9(13)14)6-12(7-11)10(15)8-3-2-4-8/h8H,2-7H2,1H3,(H,13,14). The number of amides is 1. The number of hydrogen-bond acceptors (Lipinski definition) is 3. The van der Waals surface area contributed by atoms with Gasteiger partial charge in [-0.05, 0) is 19.8 Å². The van der Waals surface area contributed by atoms with Gasteiger partial charge in [-0.3, -0.25) is 4.79 Å². The summed E-state index contributed by atoms with van der Waals surface area (Å²) in [6.45, 7) is 2.60. The van der Waals surface area contributed by atoms with Crippen LogP contribution in [0.5, 0.6) is 0 Å². The number of aliphatic carboxylic acids is 1. The van der Waals surface area contributed by atoms with Gasteiger partial charge in [0.15, 0.2) is 0 Å². The van der Waals surface area contributed by atoms with Gasteiger partial charge in [-0.15, -0.1) is 0 Å². The van der Waals surface area contributed by atoms with Crippen LogP contribution >= 0.6 is 0 Å². The van der Waals surface area contributed by atoms with Crippen molar-refractivity contribution in [3.63, 3.8) is 0 Å². The molecular formula is C11H17NO4. The minimum absolute atomic E-state index is 0.211. The van der Waals surface area contributed by atoms with E-state index in [9.17, 15) is 9.59 Å².